The summed E-state index contributed by atoms with van der Waals surface area (Å²) >= 11 is 0. The highest BCUT2D eigenvalue weighted by Gasteiger charge is 2.49. The fourth-order valence-electron chi connectivity index (χ4n) is 5.45. The van der Waals surface area contributed by atoms with Crippen molar-refractivity contribution < 1.29 is 4.74 Å². The van der Waals surface area contributed by atoms with Crippen LogP contribution in [-0.2, 0) is 0 Å². The van der Waals surface area contributed by atoms with E-state index in [4.69, 9.17) is 4.74 Å². The molecule has 2 atom stereocenters. The van der Waals surface area contributed by atoms with E-state index in [2.05, 4.69) is 54.0 Å². The van der Waals surface area contributed by atoms with Gasteiger partial charge >= 0.3 is 0 Å². The molecule has 146 valence electrons. The van der Waals surface area contributed by atoms with Gasteiger partial charge in [0, 0.05) is 44.3 Å². The minimum absolute atomic E-state index is 0.298. The number of anilines is 1. The summed E-state index contributed by atoms with van der Waals surface area (Å²) in [5, 5.41) is 9.19. The van der Waals surface area contributed by atoms with Crippen molar-refractivity contribution in [2.75, 3.05) is 37.7 Å². The van der Waals surface area contributed by atoms with Crippen LogP contribution in [0.5, 0.6) is 5.75 Å². The van der Waals surface area contributed by atoms with Crippen LogP contribution in [0.15, 0.2) is 24.3 Å². The Balaban J connectivity index is 1.54. The van der Waals surface area contributed by atoms with Crippen molar-refractivity contribution >= 4 is 5.69 Å². The van der Waals surface area contributed by atoms with Gasteiger partial charge in [0.2, 0.25) is 0 Å². The van der Waals surface area contributed by atoms with E-state index in [1.54, 1.807) is 0 Å². The van der Waals surface area contributed by atoms with Crippen molar-refractivity contribution in [2.45, 2.75) is 52.5 Å². The highest BCUT2D eigenvalue weighted by atomic mass is 16.5. The molecule has 4 aliphatic rings. The third-order valence-corrected chi connectivity index (χ3v) is 6.95. The van der Waals surface area contributed by atoms with Gasteiger partial charge in [-0.3, -0.25) is 0 Å². The van der Waals surface area contributed by atoms with Gasteiger partial charge in [-0.05, 0) is 67.2 Å². The minimum Gasteiger partial charge on any atom is -0.494 e. The average Bonchev–Trinajstić information content (AvgIpc) is 3.40. The second-order valence-corrected chi connectivity index (χ2v) is 9.68. The molecule has 0 amide bonds. The van der Waals surface area contributed by atoms with Gasteiger partial charge in [0.25, 0.3) is 0 Å². The number of piperidine rings is 1. The first kappa shape index (κ1) is 18.6. The topological polar surface area (TPSA) is 39.5 Å². The number of hydrogen-bond donors (Lipinski definition) is 0. The lowest BCUT2D eigenvalue weighted by Gasteiger charge is -2.48. The Morgan fingerprint density at radius 3 is 2.52 bits per heavy atom. The summed E-state index contributed by atoms with van der Waals surface area (Å²) in [7, 11) is 0. The second-order valence-electron chi connectivity index (χ2n) is 9.68. The number of hydrogen-bond acceptors (Lipinski definition) is 4. The van der Waals surface area contributed by atoms with Crippen molar-refractivity contribution in [2.24, 2.45) is 16.7 Å². The lowest BCUT2D eigenvalue weighted by molar-refractivity contribution is 0.187. The number of fused-ring (bicyclic) bond motifs is 4. The van der Waals surface area contributed by atoms with Crippen molar-refractivity contribution in [3.05, 3.63) is 24.3 Å². The van der Waals surface area contributed by atoms with E-state index < -0.39 is 0 Å². The third kappa shape index (κ3) is 3.80. The zero-order chi connectivity index (χ0) is 19.1. The number of ether oxygens (including phenoxy) is 1. The first-order valence-electron chi connectivity index (χ1n) is 10.5. The molecule has 3 aliphatic heterocycles. The Bertz CT molecular complexity index is 701. The lowest BCUT2D eigenvalue weighted by Crippen LogP contribution is -2.54. The molecule has 2 unspecified atom stereocenters. The number of nitrogens with zero attached hydrogens (tertiary/aromatic N) is 3. The van der Waals surface area contributed by atoms with Gasteiger partial charge in [-0.15, -0.1) is 0 Å². The van der Waals surface area contributed by atoms with Crippen LogP contribution in [0, 0.1) is 28.1 Å². The molecule has 3 heterocycles. The van der Waals surface area contributed by atoms with E-state index >= 15 is 0 Å². The first-order valence-corrected chi connectivity index (χ1v) is 10.5. The largest absolute Gasteiger partial charge is 0.494 e. The third-order valence-electron chi connectivity index (χ3n) is 6.95. The summed E-state index contributed by atoms with van der Waals surface area (Å²) in [4.78, 5) is 5.33. The van der Waals surface area contributed by atoms with Crippen LogP contribution in [0.2, 0.25) is 0 Å². The standard InChI is InChI=1S/C23H33N3O/c1-4-27-20-7-5-19(6-8-20)26-15-18-13-22(2,3)21(26)16-25(14-18)17-23(9-10-23)11-12-24/h5-8,18,21H,4,9-11,13-17H2,1-3H3. The predicted octanol–water partition coefficient (Wildman–Crippen LogP) is 4.32. The Kier molecular flexibility index (Phi) is 4.84. The van der Waals surface area contributed by atoms with Crippen LogP contribution >= 0.6 is 0 Å². The molecule has 5 rings (SSSR count). The fourth-order valence-corrected chi connectivity index (χ4v) is 5.45. The molecule has 4 heteroatoms. The molecule has 1 aromatic rings. The lowest BCUT2D eigenvalue weighted by atomic mass is 9.73. The smallest absolute Gasteiger partial charge is 0.119 e. The highest BCUT2D eigenvalue weighted by Crippen LogP contribution is 2.51. The summed E-state index contributed by atoms with van der Waals surface area (Å²) in [6.45, 7) is 12.2. The molecule has 4 nitrogen and oxygen atoms in total. The molecule has 0 spiro atoms. The van der Waals surface area contributed by atoms with Crippen LogP contribution in [-0.4, -0.2) is 43.7 Å². The monoisotopic (exact) mass is 367 g/mol. The molecule has 1 saturated carbocycles. The summed E-state index contributed by atoms with van der Waals surface area (Å²) in [6.07, 6.45) is 4.49. The molecule has 2 bridgehead atoms. The maximum absolute atomic E-state index is 9.19. The Hall–Kier alpha value is -1.73. The molecule has 4 fully saturated rings. The molecule has 0 radical (unpaired) electrons. The molecule has 3 saturated heterocycles. The first-order chi connectivity index (χ1) is 12.9. The molecular formula is C23H33N3O. The second kappa shape index (κ2) is 7.02. The van der Waals surface area contributed by atoms with Gasteiger partial charge in [0.05, 0.1) is 12.7 Å². The van der Waals surface area contributed by atoms with E-state index in [-0.39, 0.29) is 0 Å². The zero-order valence-electron chi connectivity index (χ0n) is 17.1. The molecule has 1 aliphatic carbocycles. The van der Waals surface area contributed by atoms with Gasteiger partial charge < -0.3 is 14.5 Å². The molecule has 1 aromatic carbocycles. The summed E-state index contributed by atoms with van der Waals surface area (Å²) in [5.41, 5.74) is 1.93. The van der Waals surface area contributed by atoms with Crippen LogP contribution in [0.3, 0.4) is 0 Å². The molecule has 0 aromatic heterocycles. The molecular weight excluding hydrogens is 334 g/mol. The van der Waals surface area contributed by atoms with Crippen LogP contribution < -0.4 is 9.64 Å². The van der Waals surface area contributed by atoms with E-state index in [0.717, 1.165) is 31.8 Å². The maximum Gasteiger partial charge on any atom is 0.119 e. The minimum atomic E-state index is 0.298. The summed E-state index contributed by atoms with van der Waals surface area (Å²) < 4.78 is 5.62. The van der Waals surface area contributed by atoms with E-state index in [9.17, 15) is 5.26 Å². The number of nitriles is 1. The fraction of sp³-hybridized carbons (Fsp3) is 0.696. The normalized spacial score (nSPS) is 28.4. The van der Waals surface area contributed by atoms with E-state index in [1.807, 2.05) is 6.92 Å². The van der Waals surface area contributed by atoms with Gasteiger partial charge in [-0.1, -0.05) is 13.8 Å². The van der Waals surface area contributed by atoms with Crippen molar-refractivity contribution in [1.29, 1.82) is 5.26 Å². The Labute approximate surface area is 164 Å². The van der Waals surface area contributed by atoms with Gasteiger partial charge in [-0.2, -0.15) is 5.26 Å². The highest BCUT2D eigenvalue weighted by molar-refractivity contribution is 5.51. The summed E-state index contributed by atoms with van der Waals surface area (Å²) in [5.74, 6) is 1.65. The number of rotatable bonds is 6. The van der Waals surface area contributed by atoms with E-state index in [0.29, 0.717) is 29.4 Å². The number of benzene rings is 1. The Morgan fingerprint density at radius 1 is 1.15 bits per heavy atom. The van der Waals surface area contributed by atoms with Crippen molar-refractivity contribution in [1.82, 2.24) is 4.90 Å². The van der Waals surface area contributed by atoms with Crippen molar-refractivity contribution in [3.63, 3.8) is 0 Å². The van der Waals surface area contributed by atoms with Crippen LogP contribution in [0.4, 0.5) is 5.69 Å². The van der Waals surface area contributed by atoms with Crippen LogP contribution in [0.1, 0.15) is 46.5 Å². The molecule has 0 N–H and O–H groups in total. The Morgan fingerprint density at radius 2 is 1.89 bits per heavy atom. The van der Waals surface area contributed by atoms with Gasteiger partial charge in [-0.25, -0.2) is 0 Å². The van der Waals surface area contributed by atoms with E-state index in [1.165, 1.54) is 31.5 Å². The van der Waals surface area contributed by atoms with Gasteiger partial charge in [0.1, 0.15) is 5.75 Å². The average molecular weight is 368 g/mol. The summed E-state index contributed by atoms with van der Waals surface area (Å²) in [6, 6.07) is 11.6. The van der Waals surface area contributed by atoms with Crippen LogP contribution in [0.25, 0.3) is 0 Å². The SMILES string of the molecule is CCOc1ccc(N2CC3CN(CC4(CC#N)CC4)CC2C(C)(C)C3)cc1. The molecule has 27 heavy (non-hydrogen) atoms. The van der Waals surface area contributed by atoms with Crippen molar-refractivity contribution in [3.8, 4) is 11.8 Å². The predicted molar refractivity (Wildman–Crippen MR) is 109 cm³/mol. The quantitative estimate of drug-likeness (QED) is 0.751. The zero-order valence-corrected chi connectivity index (χ0v) is 17.1. The maximum atomic E-state index is 9.19. The van der Waals surface area contributed by atoms with Gasteiger partial charge in [0.15, 0.2) is 0 Å².